The molecule has 0 N–H and O–H groups in total. The fourth-order valence-electron chi connectivity index (χ4n) is 1.75. The summed E-state index contributed by atoms with van der Waals surface area (Å²) in [4.78, 5) is 4.53. The van der Waals surface area contributed by atoms with E-state index in [9.17, 15) is 0 Å². The van der Waals surface area contributed by atoms with Gasteiger partial charge in [-0.25, -0.2) is 0 Å². The van der Waals surface area contributed by atoms with Crippen molar-refractivity contribution < 1.29 is 0 Å². The topological polar surface area (TPSA) is 30.3 Å². The Morgan fingerprint density at radius 3 is 2.44 bits per heavy atom. The summed E-state index contributed by atoms with van der Waals surface area (Å²) in [7, 11) is 4.16. The number of anilines is 1. The molecule has 1 aromatic rings. The van der Waals surface area contributed by atoms with Crippen molar-refractivity contribution in [1.82, 2.24) is 4.90 Å². The molecular weight excluding hydrogens is 290 g/mol. The first kappa shape index (κ1) is 15.0. The minimum absolute atomic E-state index is 0.683. The van der Waals surface area contributed by atoms with Crippen LogP contribution < -0.4 is 4.90 Å². The molecule has 1 rings (SSSR count). The van der Waals surface area contributed by atoms with Gasteiger partial charge in [0.15, 0.2) is 0 Å². The van der Waals surface area contributed by atoms with Gasteiger partial charge >= 0.3 is 0 Å². The van der Waals surface area contributed by atoms with E-state index in [0.29, 0.717) is 5.56 Å². The van der Waals surface area contributed by atoms with Crippen molar-refractivity contribution in [3.05, 3.63) is 28.2 Å². The molecule has 18 heavy (non-hydrogen) atoms. The van der Waals surface area contributed by atoms with Gasteiger partial charge in [-0.05, 0) is 54.6 Å². The van der Waals surface area contributed by atoms with Gasteiger partial charge in [0.2, 0.25) is 0 Å². The van der Waals surface area contributed by atoms with Crippen LogP contribution in [0.25, 0.3) is 0 Å². The summed E-state index contributed by atoms with van der Waals surface area (Å²) in [6.07, 6.45) is 1.12. The Labute approximate surface area is 118 Å². The Morgan fingerprint density at radius 2 is 1.94 bits per heavy atom. The average Bonchev–Trinajstić information content (AvgIpc) is 2.34. The maximum Gasteiger partial charge on any atom is 0.100 e. The SMILES string of the molecule is CCCN(CCN(C)C)c1ccc(C#N)c(Br)c1. The second-order valence-electron chi connectivity index (χ2n) is 4.57. The van der Waals surface area contributed by atoms with Crippen LogP contribution in [-0.4, -0.2) is 38.6 Å². The van der Waals surface area contributed by atoms with Gasteiger partial charge in [-0.3, -0.25) is 0 Å². The summed E-state index contributed by atoms with van der Waals surface area (Å²) >= 11 is 3.45. The average molecular weight is 310 g/mol. The first-order chi connectivity index (χ1) is 8.58. The molecule has 98 valence electrons. The summed E-state index contributed by atoms with van der Waals surface area (Å²) in [5.41, 5.74) is 1.85. The number of nitrogens with zero attached hydrogens (tertiary/aromatic N) is 3. The highest BCUT2D eigenvalue weighted by atomic mass is 79.9. The molecule has 0 aliphatic carbocycles. The van der Waals surface area contributed by atoms with Crippen molar-refractivity contribution >= 4 is 21.6 Å². The summed E-state index contributed by atoms with van der Waals surface area (Å²) in [6.45, 7) is 5.24. The maximum absolute atomic E-state index is 8.93. The quantitative estimate of drug-likeness (QED) is 0.809. The second-order valence-corrected chi connectivity index (χ2v) is 5.42. The lowest BCUT2D eigenvalue weighted by Crippen LogP contribution is -2.32. The van der Waals surface area contributed by atoms with Gasteiger partial charge < -0.3 is 9.80 Å². The zero-order chi connectivity index (χ0) is 13.5. The third kappa shape index (κ3) is 4.32. The van der Waals surface area contributed by atoms with Crippen molar-refractivity contribution in [2.45, 2.75) is 13.3 Å². The molecule has 0 unspecified atom stereocenters. The molecular formula is C14H20BrN3. The van der Waals surface area contributed by atoms with Crippen LogP contribution in [0, 0.1) is 11.3 Å². The van der Waals surface area contributed by atoms with Crippen LogP contribution in [0.4, 0.5) is 5.69 Å². The molecule has 0 saturated heterocycles. The Hall–Kier alpha value is -1.05. The van der Waals surface area contributed by atoms with E-state index in [-0.39, 0.29) is 0 Å². The molecule has 0 aliphatic rings. The minimum Gasteiger partial charge on any atom is -0.370 e. The van der Waals surface area contributed by atoms with Gasteiger partial charge in [-0.1, -0.05) is 6.92 Å². The lowest BCUT2D eigenvalue weighted by molar-refractivity contribution is 0.413. The maximum atomic E-state index is 8.93. The molecule has 0 fully saturated rings. The highest BCUT2D eigenvalue weighted by Crippen LogP contribution is 2.23. The summed E-state index contributed by atoms with van der Waals surface area (Å²) < 4.78 is 0.869. The molecule has 3 nitrogen and oxygen atoms in total. The number of nitriles is 1. The summed E-state index contributed by atoms with van der Waals surface area (Å²) in [6, 6.07) is 8.10. The number of hydrogen-bond donors (Lipinski definition) is 0. The third-order valence-corrected chi connectivity index (χ3v) is 3.41. The zero-order valence-electron chi connectivity index (χ0n) is 11.3. The van der Waals surface area contributed by atoms with E-state index < -0.39 is 0 Å². The summed E-state index contributed by atoms with van der Waals surface area (Å²) in [5, 5.41) is 8.93. The number of halogens is 1. The van der Waals surface area contributed by atoms with E-state index in [2.05, 4.69) is 52.8 Å². The van der Waals surface area contributed by atoms with Gasteiger partial charge in [-0.15, -0.1) is 0 Å². The van der Waals surface area contributed by atoms with E-state index in [1.807, 2.05) is 18.2 Å². The number of benzene rings is 1. The smallest absolute Gasteiger partial charge is 0.100 e. The van der Waals surface area contributed by atoms with Crippen LogP contribution in [-0.2, 0) is 0 Å². The molecule has 0 aromatic heterocycles. The zero-order valence-corrected chi connectivity index (χ0v) is 12.9. The van der Waals surface area contributed by atoms with Gasteiger partial charge in [0.25, 0.3) is 0 Å². The van der Waals surface area contributed by atoms with Crippen molar-refractivity contribution in [1.29, 1.82) is 5.26 Å². The van der Waals surface area contributed by atoms with Gasteiger partial charge in [-0.2, -0.15) is 5.26 Å². The molecule has 0 amide bonds. The van der Waals surface area contributed by atoms with E-state index in [0.717, 1.165) is 30.5 Å². The van der Waals surface area contributed by atoms with Crippen LogP contribution in [0.3, 0.4) is 0 Å². The number of hydrogen-bond acceptors (Lipinski definition) is 3. The normalized spacial score (nSPS) is 10.4. The van der Waals surface area contributed by atoms with E-state index in [1.165, 1.54) is 5.69 Å². The molecule has 0 heterocycles. The second kappa shape index (κ2) is 7.40. The number of rotatable bonds is 6. The first-order valence-electron chi connectivity index (χ1n) is 6.17. The van der Waals surface area contributed by atoms with Gasteiger partial charge in [0.05, 0.1) is 5.56 Å². The summed E-state index contributed by atoms with van der Waals surface area (Å²) in [5.74, 6) is 0. The Morgan fingerprint density at radius 1 is 1.22 bits per heavy atom. The van der Waals surface area contributed by atoms with E-state index in [4.69, 9.17) is 5.26 Å². The van der Waals surface area contributed by atoms with Gasteiger partial charge in [0, 0.05) is 29.8 Å². The van der Waals surface area contributed by atoms with Gasteiger partial charge in [0.1, 0.15) is 6.07 Å². The highest BCUT2D eigenvalue weighted by Gasteiger charge is 2.08. The van der Waals surface area contributed by atoms with Crippen LogP contribution in [0.15, 0.2) is 22.7 Å². The fraction of sp³-hybridized carbons (Fsp3) is 0.500. The largest absolute Gasteiger partial charge is 0.370 e. The van der Waals surface area contributed by atoms with Crippen molar-refractivity contribution in [2.75, 3.05) is 38.6 Å². The van der Waals surface area contributed by atoms with E-state index in [1.54, 1.807) is 0 Å². The highest BCUT2D eigenvalue weighted by molar-refractivity contribution is 9.10. The first-order valence-corrected chi connectivity index (χ1v) is 6.97. The standard InChI is InChI=1S/C14H20BrN3/c1-4-7-18(9-8-17(2)3)13-6-5-12(11-16)14(15)10-13/h5-6,10H,4,7-9H2,1-3H3. The molecule has 0 radical (unpaired) electrons. The lowest BCUT2D eigenvalue weighted by Gasteiger charge is -2.26. The predicted octanol–water partition coefficient (Wildman–Crippen LogP) is 3.10. The fourth-order valence-corrected chi connectivity index (χ4v) is 2.21. The van der Waals surface area contributed by atoms with Crippen LogP contribution in [0.1, 0.15) is 18.9 Å². The predicted molar refractivity (Wildman–Crippen MR) is 79.9 cm³/mol. The Bertz CT molecular complexity index is 424. The molecule has 0 bridgehead atoms. The van der Waals surface area contributed by atoms with Crippen molar-refractivity contribution in [3.8, 4) is 6.07 Å². The Kier molecular flexibility index (Phi) is 6.17. The molecule has 4 heteroatoms. The van der Waals surface area contributed by atoms with Crippen LogP contribution >= 0.6 is 15.9 Å². The molecule has 0 aliphatic heterocycles. The number of likely N-dealkylation sites (N-methyl/N-ethyl adjacent to an activating group) is 1. The molecule has 0 atom stereocenters. The molecule has 0 spiro atoms. The lowest BCUT2D eigenvalue weighted by atomic mass is 10.2. The van der Waals surface area contributed by atoms with E-state index >= 15 is 0 Å². The van der Waals surface area contributed by atoms with Crippen LogP contribution in [0.2, 0.25) is 0 Å². The molecule has 1 aromatic carbocycles. The minimum atomic E-state index is 0.683. The Balaban J connectivity index is 2.85. The van der Waals surface area contributed by atoms with Crippen LogP contribution in [0.5, 0.6) is 0 Å². The molecule has 0 saturated carbocycles. The third-order valence-electron chi connectivity index (χ3n) is 2.75. The monoisotopic (exact) mass is 309 g/mol. The van der Waals surface area contributed by atoms with Crippen molar-refractivity contribution in [2.24, 2.45) is 0 Å². The van der Waals surface area contributed by atoms with Crippen molar-refractivity contribution in [3.63, 3.8) is 0 Å².